The van der Waals surface area contributed by atoms with Gasteiger partial charge in [0, 0.05) is 0 Å². The summed E-state index contributed by atoms with van der Waals surface area (Å²) in [7, 11) is 0. The van der Waals surface area contributed by atoms with Crippen molar-refractivity contribution in [2.45, 2.75) is 47.0 Å². The van der Waals surface area contributed by atoms with Gasteiger partial charge in [0.05, 0.1) is 0 Å². The van der Waals surface area contributed by atoms with Gasteiger partial charge in [-0.15, -0.1) is 0 Å². The zero-order valence-electron chi connectivity index (χ0n) is 13.4. The molecule has 0 aromatic heterocycles. The van der Waals surface area contributed by atoms with Crippen LogP contribution in [0, 0.1) is 5.92 Å². The van der Waals surface area contributed by atoms with Gasteiger partial charge in [0.1, 0.15) is 0 Å². The fraction of sp³-hybridized carbons (Fsp3) is 0.400. The van der Waals surface area contributed by atoms with Crippen molar-refractivity contribution in [1.29, 1.82) is 0 Å². The van der Waals surface area contributed by atoms with E-state index >= 15 is 0 Å². The highest BCUT2D eigenvalue weighted by Crippen LogP contribution is 2.30. The van der Waals surface area contributed by atoms with E-state index in [-0.39, 0.29) is 0 Å². The van der Waals surface area contributed by atoms with Gasteiger partial charge in [-0.2, -0.15) is 0 Å². The van der Waals surface area contributed by atoms with Crippen molar-refractivity contribution >= 4 is 11.6 Å². The van der Waals surface area contributed by atoms with Crippen LogP contribution in [-0.4, -0.2) is 0 Å². The topological polar surface area (TPSA) is 0 Å². The molecule has 1 aromatic carbocycles. The van der Waals surface area contributed by atoms with Crippen molar-refractivity contribution in [2.75, 3.05) is 0 Å². The minimum atomic E-state index is 0.707. The largest absolute Gasteiger partial charge is 0.0909 e. The first-order chi connectivity index (χ1) is 9.63. The first kappa shape index (κ1) is 16.5. The van der Waals surface area contributed by atoms with Crippen LogP contribution in [0.1, 0.15) is 58.1 Å². The summed E-state index contributed by atoms with van der Waals surface area (Å²) in [5, 5.41) is 0. The van der Waals surface area contributed by atoms with Crippen molar-refractivity contribution < 1.29 is 0 Å². The van der Waals surface area contributed by atoms with Crippen LogP contribution < -0.4 is 0 Å². The summed E-state index contributed by atoms with van der Waals surface area (Å²) in [5.41, 5.74) is 5.10. The number of hydrogen-bond donors (Lipinski definition) is 0. The molecule has 1 rings (SSSR count). The van der Waals surface area contributed by atoms with E-state index < -0.39 is 0 Å². The van der Waals surface area contributed by atoms with E-state index in [9.17, 15) is 0 Å². The number of rotatable bonds is 7. The molecular formula is C20H28. The Morgan fingerprint density at radius 1 is 1.25 bits per heavy atom. The minimum Gasteiger partial charge on any atom is -0.0909 e. The normalized spacial score (nSPS) is 13.7. The highest BCUT2D eigenvalue weighted by Gasteiger charge is 2.11. The monoisotopic (exact) mass is 268 g/mol. The van der Waals surface area contributed by atoms with Gasteiger partial charge in [-0.3, -0.25) is 0 Å². The van der Waals surface area contributed by atoms with E-state index in [1.54, 1.807) is 0 Å². The predicted octanol–water partition coefficient (Wildman–Crippen LogP) is 6.51. The third-order valence-electron chi connectivity index (χ3n) is 3.74. The summed E-state index contributed by atoms with van der Waals surface area (Å²) < 4.78 is 0. The van der Waals surface area contributed by atoms with Gasteiger partial charge in [0.2, 0.25) is 0 Å². The molecule has 108 valence electrons. The fourth-order valence-corrected chi connectivity index (χ4v) is 2.37. The molecule has 0 spiro atoms. The molecule has 0 bridgehead atoms. The quantitative estimate of drug-likeness (QED) is 0.495. The molecule has 0 radical (unpaired) electrons. The van der Waals surface area contributed by atoms with Gasteiger partial charge in [0.15, 0.2) is 0 Å². The summed E-state index contributed by atoms with van der Waals surface area (Å²) in [6, 6.07) is 8.52. The molecule has 0 nitrogen and oxygen atoms in total. The Balaban J connectivity index is 3.10. The summed E-state index contributed by atoms with van der Waals surface area (Å²) in [6.07, 6.45) is 9.98. The zero-order chi connectivity index (χ0) is 15.0. The van der Waals surface area contributed by atoms with E-state index in [1.807, 2.05) is 0 Å². The third kappa shape index (κ3) is 4.52. The Hall–Kier alpha value is -1.56. The SMILES string of the molecule is C=C(/C(=C/CC)C[C@H](C)CC)c1ccccc1/C=C\C. The third-order valence-corrected chi connectivity index (χ3v) is 3.74. The highest BCUT2D eigenvalue weighted by atomic mass is 14.2. The summed E-state index contributed by atoms with van der Waals surface area (Å²) in [6.45, 7) is 13.2. The maximum absolute atomic E-state index is 4.37. The second kappa shape index (κ2) is 8.58. The molecule has 1 aromatic rings. The smallest absolute Gasteiger partial charge is 0.0115 e. The molecule has 0 fully saturated rings. The second-order valence-corrected chi connectivity index (χ2v) is 5.42. The summed E-state index contributed by atoms with van der Waals surface area (Å²) in [5.74, 6) is 0.707. The van der Waals surface area contributed by atoms with E-state index in [0.29, 0.717) is 5.92 Å². The lowest BCUT2D eigenvalue weighted by Crippen LogP contribution is -1.99. The van der Waals surface area contributed by atoms with Crippen LogP contribution in [0.15, 0.2) is 48.6 Å². The Bertz CT molecular complexity index is 489. The number of hydrogen-bond acceptors (Lipinski definition) is 0. The van der Waals surface area contributed by atoms with E-state index in [4.69, 9.17) is 0 Å². The Morgan fingerprint density at radius 3 is 2.55 bits per heavy atom. The Kier molecular flexibility index (Phi) is 7.08. The van der Waals surface area contributed by atoms with Crippen molar-refractivity contribution in [1.82, 2.24) is 0 Å². The van der Waals surface area contributed by atoms with Gasteiger partial charge in [0.25, 0.3) is 0 Å². The molecule has 0 saturated carbocycles. The van der Waals surface area contributed by atoms with E-state index in [0.717, 1.165) is 12.8 Å². The fourth-order valence-electron chi connectivity index (χ4n) is 2.37. The predicted molar refractivity (Wildman–Crippen MR) is 92.6 cm³/mol. The average Bonchev–Trinajstić information content (AvgIpc) is 2.47. The highest BCUT2D eigenvalue weighted by molar-refractivity contribution is 5.82. The van der Waals surface area contributed by atoms with Gasteiger partial charge in [-0.1, -0.05) is 76.3 Å². The van der Waals surface area contributed by atoms with Crippen molar-refractivity contribution in [3.8, 4) is 0 Å². The van der Waals surface area contributed by atoms with Crippen molar-refractivity contribution in [3.05, 3.63) is 59.7 Å². The molecule has 0 aliphatic carbocycles. The van der Waals surface area contributed by atoms with Crippen LogP contribution in [0.25, 0.3) is 11.6 Å². The number of benzene rings is 1. The molecule has 20 heavy (non-hydrogen) atoms. The van der Waals surface area contributed by atoms with Crippen LogP contribution >= 0.6 is 0 Å². The Morgan fingerprint density at radius 2 is 1.95 bits per heavy atom. The first-order valence-electron chi connectivity index (χ1n) is 7.74. The van der Waals surface area contributed by atoms with E-state index in [1.165, 1.54) is 28.7 Å². The molecule has 0 aliphatic heterocycles. The second-order valence-electron chi connectivity index (χ2n) is 5.42. The summed E-state index contributed by atoms with van der Waals surface area (Å²) >= 11 is 0. The molecule has 0 amide bonds. The van der Waals surface area contributed by atoms with Gasteiger partial charge in [-0.25, -0.2) is 0 Å². The van der Waals surface area contributed by atoms with Gasteiger partial charge in [-0.05, 0) is 48.0 Å². The van der Waals surface area contributed by atoms with Crippen molar-refractivity contribution in [2.24, 2.45) is 5.92 Å². The van der Waals surface area contributed by atoms with Crippen LogP contribution in [0.3, 0.4) is 0 Å². The molecule has 0 heterocycles. The van der Waals surface area contributed by atoms with Gasteiger partial charge < -0.3 is 0 Å². The molecular weight excluding hydrogens is 240 g/mol. The molecule has 0 unspecified atom stereocenters. The molecule has 0 aliphatic rings. The van der Waals surface area contributed by atoms with E-state index in [2.05, 4.69) is 76.8 Å². The maximum Gasteiger partial charge on any atom is -0.0115 e. The molecule has 1 atom stereocenters. The lowest BCUT2D eigenvalue weighted by Gasteiger charge is -2.17. The van der Waals surface area contributed by atoms with Crippen LogP contribution in [0.4, 0.5) is 0 Å². The molecule has 0 saturated heterocycles. The lowest BCUT2D eigenvalue weighted by atomic mass is 9.88. The zero-order valence-corrected chi connectivity index (χ0v) is 13.4. The molecule has 0 N–H and O–H groups in total. The van der Waals surface area contributed by atoms with Crippen molar-refractivity contribution in [3.63, 3.8) is 0 Å². The molecule has 0 heteroatoms. The average molecular weight is 268 g/mol. The number of allylic oxidation sites excluding steroid dienone is 4. The standard InChI is InChI=1S/C20H28/c1-6-11-18-13-9-10-14-20(18)17(5)19(12-7-2)15-16(4)8-3/h6,9-14,16H,5,7-8,15H2,1-4H3/b11-6-,19-12+/t16-/m1/s1. The Labute approximate surface area is 124 Å². The maximum atomic E-state index is 4.37. The van der Waals surface area contributed by atoms with Gasteiger partial charge >= 0.3 is 0 Å². The lowest BCUT2D eigenvalue weighted by molar-refractivity contribution is 0.563. The van der Waals surface area contributed by atoms with Crippen LogP contribution in [-0.2, 0) is 0 Å². The summed E-state index contributed by atoms with van der Waals surface area (Å²) in [4.78, 5) is 0. The van der Waals surface area contributed by atoms with Crippen LogP contribution in [0.2, 0.25) is 0 Å². The minimum absolute atomic E-state index is 0.707. The van der Waals surface area contributed by atoms with Crippen LogP contribution in [0.5, 0.6) is 0 Å². The first-order valence-corrected chi connectivity index (χ1v) is 7.74.